The van der Waals surface area contributed by atoms with Crippen LogP contribution in [-0.4, -0.2) is 22.4 Å². The van der Waals surface area contributed by atoms with Gasteiger partial charge in [0.1, 0.15) is 5.82 Å². The molecule has 1 aliphatic rings. The molecule has 0 bridgehead atoms. The molecule has 1 amide bonds. The lowest BCUT2D eigenvalue weighted by Gasteiger charge is -2.29. The number of hydrogen-bond acceptors (Lipinski definition) is 2. The predicted octanol–water partition coefficient (Wildman–Crippen LogP) is 2.91. The van der Waals surface area contributed by atoms with Crippen molar-refractivity contribution >= 4 is 22.4 Å². The highest BCUT2D eigenvalue weighted by Gasteiger charge is 2.25. The van der Waals surface area contributed by atoms with Crippen molar-refractivity contribution in [2.75, 3.05) is 17.2 Å². The second-order valence-corrected chi connectivity index (χ2v) is 6.73. The summed E-state index contributed by atoms with van der Waals surface area (Å²) in [6.45, 7) is 0.464. The summed E-state index contributed by atoms with van der Waals surface area (Å²) in [7, 11) is -1.04. The monoisotopic (exact) mass is 317 g/mol. The van der Waals surface area contributed by atoms with Gasteiger partial charge in [-0.3, -0.25) is 9.00 Å². The lowest BCUT2D eigenvalue weighted by atomic mass is 10.1. The summed E-state index contributed by atoms with van der Waals surface area (Å²) in [5.74, 6) is 0.153. The average Bonchev–Trinajstić information content (AvgIpc) is 2.53. The zero-order valence-corrected chi connectivity index (χ0v) is 12.8. The number of carbonyl (C=O) groups excluding carboxylic acids is 1. The highest BCUT2D eigenvalue weighted by Crippen LogP contribution is 2.28. The largest absolute Gasteiger partial charge is 0.310 e. The van der Waals surface area contributed by atoms with E-state index in [1.54, 1.807) is 17.0 Å². The third kappa shape index (κ3) is 3.09. The maximum atomic E-state index is 13.2. The van der Waals surface area contributed by atoms with E-state index in [4.69, 9.17) is 0 Å². The molecule has 2 aromatic rings. The molecule has 3 nitrogen and oxygen atoms in total. The topological polar surface area (TPSA) is 37.4 Å². The number of fused-ring (bicyclic) bond motifs is 1. The van der Waals surface area contributed by atoms with Crippen molar-refractivity contribution in [2.45, 2.75) is 17.7 Å². The molecule has 22 heavy (non-hydrogen) atoms. The number of rotatable bonds is 3. The fourth-order valence-electron chi connectivity index (χ4n) is 2.62. The van der Waals surface area contributed by atoms with Crippen molar-refractivity contribution in [3.05, 3.63) is 59.9 Å². The van der Waals surface area contributed by atoms with Crippen molar-refractivity contribution in [3.63, 3.8) is 0 Å². The van der Waals surface area contributed by atoms with Gasteiger partial charge in [0.25, 0.3) is 0 Å². The average molecular weight is 317 g/mol. The van der Waals surface area contributed by atoms with Gasteiger partial charge in [-0.1, -0.05) is 24.3 Å². The summed E-state index contributed by atoms with van der Waals surface area (Å²) >= 11 is 0. The molecule has 1 heterocycles. The number of halogens is 1. The molecular weight excluding hydrogens is 301 g/mol. The quantitative estimate of drug-likeness (QED) is 0.873. The van der Waals surface area contributed by atoms with Gasteiger partial charge in [-0.2, -0.15) is 0 Å². The Morgan fingerprint density at radius 3 is 2.82 bits per heavy atom. The maximum Gasteiger partial charge on any atom is 0.227 e. The molecule has 0 N–H and O–H groups in total. The first-order valence-corrected chi connectivity index (χ1v) is 8.49. The summed E-state index contributed by atoms with van der Waals surface area (Å²) in [6, 6.07) is 13.6. The molecule has 0 spiro atoms. The normalized spacial score (nSPS) is 17.1. The smallest absolute Gasteiger partial charge is 0.227 e. The minimum atomic E-state index is -1.04. The number of hydrogen-bond donors (Lipinski definition) is 0. The van der Waals surface area contributed by atoms with E-state index in [2.05, 4.69) is 0 Å². The number of aryl methyl sites for hydroxylation is 1. The number of benzene rings is 2. The van der Waals surface area contributed by atoms with E-state index in [-0.39, 0.29) is 11.7 Å². The van der Waals surface area contributed by atoms with Crippen LogP contribution in [0.4, 0.5) is 10.1 Å². The predicted molar refractivity (Wildman–Crippen MR) is 84.8 cm³/mol. The zero-order valence-electron chi connectivity index (χ0n) is 12.0. The van der Waals surface area contributed by atoms with Crippen LogP contribution in [0.3, 0.4) is 0 Å². The van der Waals surface area contributed by atoms with Crippen LogP contribution in [0, 0.1) is 5.82 Å². The molecule has 0 aliphatic carbocycles. The molecular formula is C17H16FNO2S. The molecule has 1 aliphatic heterocycles. The molecule has 0 saturated heterocycles. The Balaban J connectivity index is 1.73. The van der Waals surface area contributed by atoms with Crippen molar-refractivity contribution in [1.29, 1.82) is 0 Å². The van der Waals surface area contributed by atoms with Crippen molar-refractivity contribution in [1.82, 2.24) is 0 Å². The Labute approximate surface area is 131 Å². The Bertz CT molecular complexity index is 732. The Morgan fingerprint density at radius 1 is 1.18 bits per heavy atom. The second-order valence-electron chi connectivity index (χ2n) is 5.19. The number of anilines is 1. The van der Waals surface area contributed by atoms with Gasteiger partial charge in [-0.05, 0) is 36.2 Å². The molecule has 114 valence electrons. The first-order chi connectivity index (χ1) is 10.6. The molecule has 0 fully saturated rings. The SMILES string of the molecule is O=C(CCc1cccc(F)c1)N1CCS(=O)c2ccccc21. The minimum absolute atomic E-state index is 0.0200. The van der Waals surface area contributed by atoms with E-state index < -0.39 is 10.8 Å². The summed E-state index contributed by atoms with van der Waals surface area (Å²) in [6.07, 6.45) is 0.808. The number of amides is 1. The van der Waals surface area contributed by atoms with Gasteiger partial charge in [0.05, 0.1) is 21.4 Å². The van der Waals surface area contributed by atoms with Crippen LogP contribution in [0.1, 0.15) is 12.0 Å². The molecule has 0 aromatic heterocycles. The summed E-state index contributed by atoms with van der Waals surface area (Å²) in [4.78, 5) is 14.9. The fraction of sp³-hybridized carbons (Fsp3) is 0.235. The van der Waals surface area contributed by atoms with E-state index in [9.17, 15) is 13.4 Å². The maximum absolute atomic E-state index is 13.2. The number of carbonyl (C=O) groups is 1. The third-order valence-corrected chi connectivity index (χ3v) is 5.11. The van der Waals surface area contributed by atoms with Crippen LogP contribution in [0.2, 0.25) is 0 Å². The van der Waals surface area contributed by atoms with Crippen LogP contribution < -0.4 is 4.90 Å². The van der Waals surface area contributed by atoms with Gasteiger partial charge in [-0.15, -0.1) is 0 Å². The van der Waals surface area contributed by atoms with Crippen molar-refractivity contribution in [2.24, 2.45) is 0 Å². The van der Waals surface area contributed by atoms with Crippen LogP contribution in [-0.2, 0) is 22.0 Å². The highest BCUT2D eigenvalue weighted by atomic mass is 32.2. The molecule has 1 atom stereocenters. The van der Waals surface area contributed by atoms with E-state index in [1.165, 1.54) is 12.1 Å². The minimum Gasteiger partial charge on any atom is -0.310 e. The van der Waals surface area contributed by atoms with Gasteiger partial charge in [-0.25, -0.2) is 4.39 Å². The van der Waals surface area contributed by atoms with Crippen LogP contribution in [0.15, 0.2) is 53.4 Å². The molecule has 5 heteroatoms. The molecule has 3 rings (SSSR count). The highest BCUT2D eigenvalue weighted by molar-refractivity contribution is 7.85. The van der Waals surface area contributed by atoms with E-state index >= 15 is 0 Å². The summed E-state index contributed by atoms with van der Waals surface area (Å²) in [5.41, 5.74) is 1.54. The van der Waals surface area contributed by atoms with Gasteiger partial charge in [0.2, 0.25) is 5.91 Å². The van der Waals surface area contributed by atoms with Crippen LogP contribution in [0.25, 0.3) is 0 Å². The zero-order chi connectivity index (χ0) is 15.5. The first kappa shape index (κ1) is 14.9. The van der Waals surface area contributed by atoms with Gasteiger partial charge >= 0.3 is 0 Å². The standard InChI is InChI=1S/C17H16FNO2S/c18-14-5-3-4-13(12-14)8-9-17(20)19-10-11-22(21)16-7-2-1-6-15(16)19/h1-7,12H,8-11H2. The molecule has 2 aromatic carbocycles. The van der Waals surface area contributed by atoms with Crippen molar-refractivity contribution < 1.29 is 13.4 Å². The number of para-hydroxylation sites is 1. The first-order valence-electron chi connectivity index (χ1n) is 7.17. The Hall–Kier alpha value is -2.01. The van der Waals surface area contributed by atoms with E-state index in [0.717, 1.165) is 11.3 Å². The third-order valence-electron chi connectivity index (χ3n) is 3.72. The fourth-order valence-corrected chi connectivity index (χ4v) is 3.83. The summed E-state index contributed by atoms with van der Waals surface area (Å²) in [5, 5.41) is 0. The van der Waals surface area contributed by atoms with E-state index in [0.29, 0.717) is 30.0 Å². The van der Waals surface area contributed by atoms with Gasteiger partial charge in [0, 0.05) is 18.7 Å². The molecule has 1 unspecified atom stereocenters. The number of nitrogens with zero attached hydrogens (tertiary/aromatic N) is 1. The lowest BCUT2D eigenvalue weighted by Crippen LogP contribution is -2.38. The van der Waals surface area contributed by atoms with Gasteiger partial charge < -0.3 is 4.90 Å². The Morgan fingerprint density at radius 2 is 2.00 bits per heavy atom. The van der Waals surface area contributed by atoms with Gasteiger partial charge in [0.15, 0.2) is 0 Å². The lowest BCUT2D eigenvalue weighted by molar-refractivity contribution is -0.118. The van der Waals surface area contributed by atoms with E-state index in [1.807, 2.05) is 24.3 Å². The summed E-state index contributed by atoms with van der Waals surface area (Å²) < 4.78 is 25.2. The van der Waals surface area contributed by atoms with Crippen molar-refractivity contribution in [3.8, 4) is 0 Å². The second kappa shape index (κ2) is 6.40. The molecule has 0 radical (unpaired) electrons. The van der Waals surface area contributed by atoms with Crippen LogP contribution in [0.5, 0.6) is 0 Å². The Kier molecular flexibility index (Phi) is 4.34. The molecule has 0 saturated carbocycles. The van der Waals surface area contributed by atoms with Crippen LogP contribution >= 0.6 is 0 Å².